The Bertz CT molecular complexity index is 1240. The molecule has 1 amide bonds. The van der Waals surface area contributed by atoms with Gasteiger partial charge in [-0.3, -0.25) is 9.10 Å². The maximum Gasteiger partial charge on any atom is 0.243 e. The number of carbonyl (C=O) groups is 1. The molecule has 1 aliphatic heterocycles. The van der Waals surface area contributed by atoms with E-state index in [4.69, 9.17) is 14.2 Å². The van der Waals surface area contributed by atoms with Gasteiger partial charge in [-0.15, -0.1) is 0 Å². The van der Waals surface area contributed by atoms with Crippen LogP contribution < -0.4 is 19.1 Å². The van der Waals surface area contributed by atoms with Crippen LogP contribution in [-0.4, -0.2) is 85.9 Å². The Kier molecular flexibility index (Phi) is 9.17. The molecular weight excluding hydrogens is 510 g/mol. The SMILES string of the molecule is COc1cccc(N(C(C)C(=O)NCCOc2ccc(S(=O)(=O)N3CCOCC3)cc2)S(C)(=O)=O)c1. The van der Waals surface area contributed by atoms with Gasteiger partial charge in [-0.2, -0.15) is 4.31 Å². The predicted octanol–water partition coefficient (Wildman–Crippen LogP) is 1.07. The summed E-state index contributed by atoms with van der Waals surface area (Å²) in [6.45, 7) is 3.07. The zero-order valence-corrected chi connectivity index (χ0v) is 22.0. The molecular formula is C23H31N3O8S2. The Morgan fingerprint density at radius 3 is 2.36 bits per heavy atom. The lowest BCUT2D eigenvalue weighted by Gasteiger charge is -2.28. The van der Waals surface area contributed by atoms with E-state index in [1.54, 1.807) is 30.3 Å². The monoisotopic (exact) mass is 541 g/mol. The van der Waals surface area contributed by atoms with E-state index in [9.17, 15) is 21.6 Å². The van der Waals surface area contributed by atoms with Gasteiger partial charge in [0, 0.05) is 19.2 Å². The molecule has 3 rings (SSSR count). The van der Waals surface area contributed by atoms with E-state index in [0.717, 1.165) is 10.6 Å². The summed E-state index contributed by atoms with van der Waals surface area (Å²) < 4.78 is 68.6. The molecule has 198 valence electrons. The van der Waals surface area contributed by atoms with Crippen molar-refractivity contribution in [2.45, 2.75) is 17.9 Å². The van der Waals surface area contributed by atoms with Crippen LogP contribution in [0.25, 0.3) is 0 Å². The number of morpholine rings is 1. The smallest absolute Gasteiger partial charge is 0.243 e. The van der Waals surface area contributed by atoms with E-state index < -0.39 is 32.0 Å². The summed E-state index contributed by atoms with van der Waals surface area (Å²) in [7, 11) is -5.88. The molecule has 1 saturated heterocycles. The van der Waals surface area contributed by atoms with Crippen LogP contribution >= 0.6 is 0 Å². The molecule has 1 heterocycles. The molecule has 36 heavy (non-hydrogen) atoms. The van der Waals surface area contributed by atoms with Crippen molar-refractivity contribution >= 4 is 31.6 Å². The summed E-state index contributed by atoms with van der Waals surface area (Å²) in [5.74, 6) is 0.400. The predicted molar refractivity (Wildman–Crippen MR) is 134 cm³/mol. The average Bonchev–Trinajstić information content (AvgIpc) is 2.86. The molecule has 1 atom stereocenters. The maximum atomic E-state index is 12.7. The second kappa shape index (κ2) is 11.9. The van der Waals surface area contributed by atoms with E-state index >= 15 is 0 Å². The fraction of sp³-hybridized carbons (Fsp3) is 0.435. The first kappa shape index (κ1) is 27.7. The van der Waals surface area contributed by atoms with Gasteiger partial charge in [-0.05, 0) is 43.3 Å². The second-order valence-corrected chi connectivity index (χ2v) is 11.9. The molecule has 0 aromatic heterocycles. The summed E-state index contributed by atoms with van der Waals surface area (Å²) in [4.78, 5) is 12.9. The summed E-state index contributed by atoms with van der Waals surface area (Å²) in [6, 6.07) is 11.5. The lowest BCUT2D eigenvalue weighted by atomic mass is 10.2. The molecule has 2 aromatic rings. The molecule has 11 nitrogen and oxygen atoms in total. The zero-order chi connectivity index (χ0) is 26.3. The van der Waals surface area contributed by atoms with Gasteiger partial charge in [0.1, 0.15) is 24.1 Å². The number of nitrogens with one attached hydrogen (secondary N) is 1. The normalized spacial score (nSPS) is 15.6. The van der Waals surface area contributed by atoms with Crippen LogP contribution in [0.1, 0.15) is 6.92 Å². The van der Waals surface area contributed by atoms with Crippen LogP contribution in [0.3, 0.4) is 0 Å². The number of benzene rings is 2. The van der Waals surface area contributed by atoms with Crippen LogP contribution in [0.2, 0.25) is 0 Å². The van der Waals surface area contributed by atoms with Crippen molar-refractivity contribution in [3.05, 3.63) is 48.5 Å². The van der Waals surface area contributed by atoms with E-state index in [2.05, 4.69) is 5.32 Å². The van der Waals surface area contributed by atoms with Gasteiger partial charge in [0.15, 0.2) is 0 Å². The first-order valence-electron chi connectivity index (χ1n) is 11.3. The second-order valence-electron chi connectivity index (χ2n) is 8.06. The van der Waals surface area contributed by atoms with Crippen LogP contribution in [0.4, 0.5) is 5.69 Å². The highest BCUT2D eigenvalue weighted by Crippen LogP contribution is 2.25. The van der Waals surface area contributed by atoms with E-state index in [1.165, 1.54) is 36.5 Å². The van der Waals surface area contributed by atoms with E-state index in [-0.39, 0.29) is 18.0 Å². The lowest BCUT2D eigenvalue weighted by molar-refractivity contribution is -0.121. The summed E-state index contributed by atoms with van der Waals surface area (Å²) in [5, 5.41) is 2.67. The van der Waals surface area contributed by atoms with Gasteiger partial charge in [0.2, 0.25) is 26.0 Å². The van der Waals surface area contributed by atoms with Crippen LogP contribution in [0, 0.1) is 0 Å². The average molecular weight is 542 g/mol. The highest BCUT2D eigenvalue weighted by atomic mass is 32.2. The van der Waals surface area contributed by atoms with Crippen molar-refractivity contribution in [1.29, 1.82) is 0 Å². The molecule has 0 aliphatic carbocycles. The molecule has 1 fully saturated rings. The van der Waals surface area contributed by atoms with Crippen molar-refractivity contribution < 1.29 is 35.8 Å². The topological polar surface area (TPSA) is 132 Å². The fourth-order valence-electron chi connectivity index (χ4n) is 3.69. The molecule has 0 spiro atoms. The number of ether oxygens (including phenoxy) is 3. The largest absolute Gasteiger partial charge is 0.497 e. The number of rotatable bonds is 11. The van der Waals surface area contributed by atoms with E-state index in [0.29, 0.717) is 43.5 Å². The van der Waals surface area contributed by atoms with Gasteiger partial charge in [0.05, 0.1) is 43.7 Å². The molecule has 0 bridgehead atoms. The Morgan fingerprint density at radius 2 is 1.75 bits per heavy atom. The van der Waals surface area contributed by atoms with Gasteiger partial charge in [0.25, 0.3) is 0 Å². The Balaban J connectivity index is 1.55. The zero-order valence-electron chi connectivity index (χ0n) is 20.4. The first-order valence-corrected chi connectivity index (χ1v) is 14.5. The van der Waals surface area contributed by atoms with Crippen LogP contribution in [0.5, 0.6) is 11.5 Å². The minimum atomic E-state index is -3.76. The minimum absolute atomic E-state index is 0.103. The Morgan fingerprint density at radius 1 is 1.08 bits per heavy atom. The lowest BCUT2D eigenvalue weighted by Crippen LogP contribution is -2.48. The molecule has 1 unspecified atom stereocenters. The highest BCUT2D eigenvalue weighted by Gasteiger charge is 2.29. The van der Waals surface area contributed by atoms with Gasteiger partial charge >= 0.3 is 0 Å². The van der Waals surface area contributed by atoms with Crippen LogP contribution in [0.15, 0.2) is 53.4 Å². The fourth-order valence-corrected chi connectivity index (χ4v) is 6.27. The van der Waals surface area contributed by atoms with Crippen molar-refractivity contribution in [1.82, 2.24) is 9.62 Å². The third-order valence-corrected chi connectivity index (χ3v) is 8.65. The van der Waals surface area contributed by atoms with Gasteiger partial charge in [-0.1, -0.05) is 6.07 Å². The molecule has 1 N–H and O–H groups in total. The Hall–Kier alpha value is -2.87. The maximum absolute atomic E-state index is 12.7. The summed E-state index contributed by atoms with van der Waals surface area (Å²) >= 11 is 0. The van der Waals surface area contributed by atoms with E-state index in [1.807, 2.05) is 0 Å². The van der Waals surface area contributed by atoms with Crippen molar-refractivity contribution in [3.63, 3.8) is 0 Å². The summed E-state index contributed by atoms with van der Waals surface area (Å²) in [6.07, 6.45) is 1.03. The number of anilines is 1. The number of carbonyl (C=O) groups excluding carboxylic acids is 1. The van der Waals surface area contributed by atoms with Crippen molar-refractivity contribution in [2.24, 2.45) is 0 Å². The van der Waals surface area contributed by atoms with Crippen molar-refractivity contribution in [2.75, 3.05) is 57.1 Å². The standard InChI is InChI=1S/C23H31N3O8S2/c1-18(26(35(3,28)29)19-5-4-6-21(17-19)32-2)23(27)24-11-14-34-20-7-9-22(10-8-20)36(30,31)25-12-15-33-16-13-25/h4-10,17-18H,11-16H2,1-3H3,(H,24,27). The van der Waals surface area contributed by atoms with Gasteiger partial charge in [-0.25, -0.2) is 16.8 Å². The molecule has 0 saturated carbocycles. The third-order valence-electron chi connectivity index (χ3n) is 5.50. The number of sulfonamides is 2. The number of methoxy groups -OCH3 is 1. The molecule has 13 heteroatoms. The number of hydrogen-bond donors (Lipinski definition) is 1. The number of amides is 1. The minimum Gasteiger partial charge on any atom is -0.497 e. The Labute approximate surface area is 212 Å². The van der Waals surface area contributed by atoms with Gasteiger partial charge < -0.3 is 19.5 Å². The third kappa shape index (κ3) is 6.87. The molecule has 0 radical (unpaired) electrons. The first-order chi connectivity index (χ1) is 17.0. The quantitative estimate of drug-likeness (QED) is 0.418. The van der Waals surface area contributed by atoms with Crippen molar-refractivity contribution in [3.8, 4) is 11.5 Å². The number of hydrogen-bond acceptors (Lipinski definition) is 8. The van der Waals surface area contributed by atoms with Crippen LogP contribution in [-0.2, 0) is 29.6 Å². The molecule has 1 aliphatic rings. The summed E-state index contributed by atoms with van der Waals surface area (Å²) in [5.41, 5.74) is 0.308. The molecule has 2 aromatic carbocycles. The number of nitrogens with zero attached hydrogens (tertiary/aromatic N) is 2. The highest BCUT2D eigenvalue weighted by molar-refractivity contribution is 7.92.